The van der Waals surface area contributed by atoms with Gasteiger partial charge < -0.3 is 19.8 Å². The molecular formula is C30H41N5O3S. The lowest BCUT2D eigenvalue weighted by Crippen LogP contribution is -2.51. The van der Waals surface area contributed by atoms with Crippen LogP contribution in [-0.4, -0.2) is 108 Å². The van der Waals surface area contributed by atoms with Crippen LogP contribution >= 0.6 is 11.8 Å². The normalized spacial score (nSPS) is 21.3. The minimum atomic E-state index is -0.00563. The number of thioether (sulfide) groups is 1. The van der Waals surface area contributed by atoms with Crippen molar-refractivity contribution in [3.63, 3.8) is 0 Å². The smallest absolute Gasteiger partial charge is 0.257 e. The van der Waals surface area contributed by atoms with Crippen LogP contribution in [-0.2, 0) is 4.79 Å². The zero-order chi connectivity index (χ0) is 27.4. The molecule has 1 aromatic heterocycles. The zero-order valence-electron chi connectivity index (χ0n) is 23.2. The van der Waals surface area contributed by atoms with E-state index in [2.05, 4.69) is 40.3 Å². The number of nitrogens with zero attached hydrogens (tertiary/aromatic N) is 5. The Labute approximate surface area is 236 Å². The van der Waals surface area contributed by atoms with Gasteiger partial charge in [-0.3, -0.25) is 14.5 Å². The Morgan fingerprint density at radius 3 is 2.26 bits per heavy atom. The molecule has 0 spiro atoms. The van der Waals surface area contributed by atoms with Crippen molar-refractivity contribution in [2.75, 3.05) is 70.1 Å². The van der Waals surface area contributed by atoms with Crippen LogP contribution < -0.4 is 4.90 Å². The molecule has 39 heavy (non-hydrogen) atoms. The van der Waals surface area contributed by atoms with Crippen molar-refractivity contribution in [1.29, 1.82) is 0 Å². The number of aliphatic hydroxyl groups excluding tert-OH is 1. The van der Waals surface area contributed by atoms with Crippen molar-refractivity contribution in [3.8, 4) is 11.3 Å². The van der Waals surface area contributed by atoms with Gasteiger partial charge in [0.05, 0.1) is 11.3 Å². The van der Waals surface area contributed by atoms with E-state index in [1.165, 1.54) is 4.90 Å². The summed E-state index contributed by atoms with van der Waals surface area (Å²) in [6.07, 6.45) is 6.39. The van der Waals surface area contributed by atoms with Crippen LogP contribution in [0, 0.1) is 5.92 Å². The van der Waals surface area contributed by atoms with Gasteiger partial charge in [-0.1, -0.05) is 12.1 Å². The highest BCUT2D eigenvalue weighted by Crippen LogP contribution is 2.31. The van der Waals surface area contributed by atoms with Gasteiger partial charge in [0.25, 0.3) is 5.91 Å². The van der Waals surface area contributed by atoms with E-state index in [1.54, 1.807) is 23.6 Å². The molecule has 2 amide bonds. The van der Waals surface area contributed by atoms with Gasteiger partial charge in [-0.25, -0.2) is 4.98 Å². The molecule has 1 atom stereocenters. The Hall–Kier alpha value is -2.62. The predicted octanol–water partition coefficient (Wildman–Crippen LogP) is 3.45. The van der Waals surface area contributed by atoms with Gasteiger partial charge in [0.15, 0.2) is 0 Å². The predicted molar refractivity (Wildman–Crippen MR) is 156 cm³/mol. The highest BCUT2D eigenvalue weighted by molar-refractivity contribution is 7.98. The second kappa shape index (κ2) is 12.7. The molecule has 3 aliphatic rings. The highest BCUT2D eigenvalue weighted by atomic mass is 32.2. The lowest BCUT2D eigenvalue weighted by molar-refractivity contribution is -0.130. The molecule has 3 fully saturated rings. The lowest BCUT2D eigenvalue weighted by Gasteiger charge is -2.42. The maximum Gasteiger partial charge on any atom is 0.257 e. The first kappa shape index (κ1) is 27.9. The number of likely N-dealkylation sites (tertiary alicyclic amines) is 1. The first-order chi connectivity index (χ1) is 19.0. The number of amides is 2. The number of aliphatic hydroxyl groups is 1. The standard InChI is InChI=1S/C30H41N5O3S/c1-22(37)32-16-18-34(19-17-32)30(38)27-9-10-28(24-5-7-26(39-2)8-6-24)31-29(27)33-14-11-25(12-15-33)35-13-3-4-23(20-35)21-36/h5-10,23,25,36H,3-4,11-21H2,1-2H3/t23-/m0/s1. The monoisotopic (exact) mass is 551 g/mol. The molecule has 1 aromatic carbocycles. The molecule has 3 saturated heterocycles. The summed E-state index contributed by atoms with van der Waals surface area (Å²) in [4.78, 5) is 40.4. The van der Waals surface area contributed by atoms with E-state index in [1.807, 2.05) is 17.0 Å². The molecule has 1 N–H and O–H groups in total. The van der Waals surface area contributed by atoms with E-state index in [0.29, 0.717) is 43.7 Å². The summed E-state index contributed by atoms with van der Waals surface area (Å²) in [5, 5.41) is 9.68. The number of rotatable bonds is 6. The molecule has 0 radical (unpaired) electrons. The third kappa shape index (κ3) is 6.42. The fraction of sp³-hybridized carbons (Fsp3) is 0.567. The SMILES string of the molecule is CSc1ccc(-c2ccc(C(=O)N3CCN(C(C)=O)CC3)c(N3CCC(N4CCC[C@H](CO)C4)CC3)n2)cc1. The molecule has 5 rings (SSSR count). The Balaban J connectivity index is 1.37. The second-order valence-electron chi connectivity index (χ2n) is 11.0. The van der Waals surface area contributed by atoms with E-state index in [9.17, 15) is 14.7 Å². The maximum absolute atomic E-state index is 13.8. The summed E-state index contributed by atoms with van der Waals surface area (Å²) in [7, 11) is 0. The highest BCUT2D eigenvalue weighted by Gasteiger charge is 2.32. The van der Waals surface area contributed by atoms with Crippen molar-refractivity contribution < 1.29 is 14.7 Å². The van der Waals surface area contributed by atoms with Gasteiger partial charge in [0.2, 0.25) is 5.91 Å². The quantitative estimate of drug-likeness (QED) is 0.551. The zero-order valence-corrected chi connectivity index (χ0v) is 24.0. The summed E-state index contributed by atoms with van der Waals surface area (Å²) in [5.74, 6) is 1.21. The number of pyridine rings is 1. The summed E-state index contributed by atoms with van der Waals surface area (Å²) in [6, 6.07) is 12.8. The van der Waals surface area contributed by atoms with Crippen molar-refractivity contribution >= 4 is 29.4 Å². The average Bonchev–Trinajstić information content (AvgIpc) is 3.00. The molecule has 8 nitrogen and oxygen atoms in total. The van der Waals surface area contributed by atoms with Crippen molar-refractivity contribution in [1.82, 2.24) is 19.7 Å². The van der Waals surface area contributed by atoms with Gasteiger partial charge in [0.1, 0.15) is 5.82 Å². The van der Waals surface area contributed by atoms with Gasteiger partial charge in [0, 0.05) is 75.8 Å². The van der Waals surface area contributed by atoms with Crippen LogP contribution in [0.25, 0.3) is 11.3 Å². The molecule has 0 aliphatic carbocycles. The largest absolute Gasteiger partial charge is 0.396 e. The molecule has 9 heteroatoms. The minimum absolute atomic E-state index is 0.00563. The van der Waals surface area contributed by atoms with Crippen LogP contribution in [0.5, 0.6) is 0 Å². The minimum Gasteiger partial charge on any atom is -0.396 e. The van der Waals surface area contributed by atoms with Gasteiger partial charge in [-0.05, 0) is 68.7 Å². The number of aromatic nitrogens is 1. The van der Waals surface area contributed by atoms with Crippen molar-refractivity contribution in [3.05, 3.63) is 42.0 Å². The first-order valence-electron chi connectivity index (χ1n) is 14.3. The summed E-state index contributed by atoms with van der Waals surface area (Å²) in [6.45, 7) is 7.87. The van der Waals surface area contributed by atoms with E-state index >= 15 is 0 Å². The number of anilines is 1. The average molecular weight is 552 g/mol. The van der Waals surface area contributed by atoms with E-state index in [-0.39, 0.29) is 18.4 Å². The Morgan fingerprint density at radius 1 is 0.923 bits per heavy atom. The second-order valence-corrected chi connectivity index (χ2v) is 11.9. The fourth-order valence-electron chi connectivity index (χ4n) is 6.19. The Kier molecular flexibility index (Phi) is 9.10. The maximum atomic E-state index is 13.8. The fourth-order valence-corrected chi connectivity index (χ4v) is 6.60. The van der Waals surface area contributed by atoms with E-state index in [0.717, 1.165) is 68.9 Å². The number of hydrogen-bond acceptors (Lipinski definition) is 7. The van der Waals surface area contributed by atoms with Gasteiger partial charge in [-0.2, -0.15) is 0 Å². The van der Waals surface area contributed by atoms with Crippen molar-refractivity contribution in [2.24, 2.45) is 5.92 Å². The van der Waals surface area contributed by atoms with Crippen LogP contribution in [0.1, 0.15) is 43.0 Å². The number of benzene rings is 1. The van der Waals surface area contributed by atoms with E-state index < -0.39 is 0 Å². The molecule has 0 bridgehead atoms. The molecule has 4 heterocycles. The Bertz CT molecular complexity index is 1140. The molecular weight excluding hydrogens is 510 g/mol. The summed E-state index contributed by atoms with van der Waals surface area (Å²) in [5.41, 5.74) is 2.56. The third-order valence-corrected chi connectivity index (χ3v) is 9.34. The Morgan fingerprint density at radius 2 is 1.62 bits per heavy atom. The summed E-state index contributed by atoms with van der Waals surface area (Å²) < 4.78 is 0. The molecule has 210 valence electrons. The van der Waals surface area contributed by atoms with Crippen molar-refractivity contribution in [2.45, 2.75) is 43.5 Å². The summed E-state index contributed by atoms with van der Waals surface area (Å²) >= 11 is 1.71. The number of carbonyl (C=O) groups is 2. The van der Waals surface area contributed by atoms with Crippen LogP contribution in [0.3, 0.4) is 0 Å². The van der Waals surface area contributed by atoms with Crippen LogP contribution in [0.4, 0.5) is 5.82 Å². The number of hydrogen-bond donors (Lipinski definition) is 1. The van der Waals surface area contributed by atoms with Crippen LogP contribution in [0.2, 0.25) is 0 Å². The first-order valence-corrected chi connectivity index (χ1v) is 15.5. The lowest BCUT2D eigenvalue weighted by atomic mass is 9.94. The molecule has 0 unspecified atom stereocenters. The number of carbonyl (C=O) groups excluding carboxylic acids is 2. The number of piperidine rings is 2. The third-order valence-electron chi connectivity index (χ3n) is 8.59. The van der Waals surface area contributed by atoms with Gasteiger partial charge in [-0.15, -0.1) is 11.8 Å². The molecule has 2 aromatic rings. The van der Waals surface area contributed by atoms with Gasteiger partial charge >= 0.3 is 0 Å². The molecule has 3 aliphatic heterocycles. The number of piperazine rings is 1. The van der Waals surface area contributed by atoms with E-state index in [4.69, 9.17) is 4.98 Å². The van der Waals surface area contributed by atoms with Crippen LogP contribution in [0.15, 0.2) is 41.3 Å². The molecule has 0 saturated carbocycles. The topological polar surface area (TPSA) is 80.2 Å².